The Balaban J connectivity index is 1.75. The molecule has 0 unspecified atom stereocenters. The molecule has 2 aromatic carbocycles. The number of rotatable bonds is 5. The Kier molecular flexibility index (Phi) is 5.39. The molecular formula is C21H16N4O3S2. The van der Waals surface area contributed by atoms with Gasteiger partial charge in [0.2, 0.25) is 5.13 Å². The lowest BCUT2D eigenvalue weighted by Gasteiger charge is -2.14. The van der Waals surface area contributed by atoms with Gasteiger partial charge in [-0.25, -0.2) is 4.98 Å². The quantitative estimate of drug-likeness (QED) is 0.233. The van der Waals surface area contributed by atoms with E-state index in [9.17, 15) is 14.9 Å². The molecule has 0 saturated carbocycles. The van der Waals surface area contributed by atoms with Crippen LogP contribution in [-0.2, 0) is 0 Å². The number of nitro groups is 1. The predicted octanol–water partition coefficient (Wildman–Crippen LogP) is 5.56. The zero-order valence-corrected chi connectivity index (χ0v) is 17.7. The Hall–Kier alpha value is -3.43. The van der Waals surface area contributed by atoms with Crippen molar-refractivity contribution in [1.82, 2.24) is 4.98 Å². The maximum Gasteiger partial charge on any atom is 0.324 e. The fourth-order valence-electron chi connectivity index (χ4n) is 2.82. The second-order valence-corrected chi connectivity index (χ2v) is 8.73. The third kappa shape index (κ3) is 4.12. The molecule has 7 nitrogen and oxygen atoms in total. The molecule has 0 aliphatic rings. The minimum atomic E-state index is -0.451. The van der Waals surface area contributed by atoms with Gasteiger partial charge in [-0.15, -0.1) is 0 Å². The number of aromatic nitrogens is 1. The maximum atomic E-state index is 13.2. The molecule has 30 heavy (non-hydrogen) atoms. The maximum absolute atomic E-state index is 13.2. The Labute approximate surface area is 180 Å². The first-order valence-corrected chi connectivity index (χ1v) is 10.6. The first-order valence-electron chi connectivity index (χ1n) is 8.97. The van der Waals surface area contributed by atoms with Crippen LogP contribution >= 0.6 is 22.7 Å². The van der Waals surface area contributed by atoms with Gasteiger partial charge in [-0.1, -0.05) is 46.4 Å². The highest BCUT2D eigenvalue weighted by Gasteiger charge is 2.21. The van der Waals surface area contributed by atoms with Crippen LogP contribution in [0.5, 0.6) is 0 Å². The second-order valence-electron chi connectivity index (χ2n) is 6.63. The largest absolute Gasteiger partial charge is 0.324 e. The molecule has 4 aromatic rings. The Morgan fingerprint density at radius 3 is 2.63 bits per heavy atom. The number of carbonyl (C=O) groups excluding carboxylic acids is 1. The number of hydrazone groups is 1. The summed E-state index contributed by atoms with van der Waals surface area (Å²) in [5.41, 5.74) is 3.33. The normalized spacial score (nSPS) is 11.3. The summed E-state index contributed by atoms with van der Waals surface area (Å²) in [7, 11) is 0. The molecule has 0 N–H and O–H groups in total. The van der Waals surface area contributed by atoms with E-state index in [1.165, 1.54) is 28.6 Å². The monoisotopic (exact) mass is 436 g/mol. The van der Waals surface area contributed by atoms with Crippen molar-refractivity contribution in [3.05, 3.63) is 86.3 Å². The molecular weight excluding hydrogens is 420 g/mol. The number of thiophene rings is 1. The van der Waals surface area contributed by atoms with Crippen LogP contribution in [0.15, 0.2) is 59.7 Å². The lowest BCUT2D eigenvalue weighted by atomic mass is 10.1. The number of benzene rings is 2. The molecule has 0 saturated heterocycles. The SMILES string of the molecule is Cc1cccc(C(=O)N(/N=C/c2ccc([N+](=O)[O-])s2)c2nc3ccc(C)cc3s2)c1. The lowest BCUT2D eigenvalue weighted by molar-refractivity contribution is -0.380. The van der Waals surface area contributed by atoms with E-state index in [0.29, 0.717) is 15.6 Å². The van der Waals surface area contributed by atoms with E-state index in [0.717, 1.165) is 32.7 Å². The van der Waals surface area contributed by atoms with Gasteiger partial charge < -0.3 is 0 Å². The zero-order valence-electron chi connectivity index (χ0n) is 16.1. The summed E-state index contributed by atoms with van der Waals surface area (Å²) in [5.74, 6) is -0.322. The van der Waals surface area contributed by atoms with Gasteiger partial charge in [0, 0.05) is 11.6 Å². The molecule has 2 aromatic heterocycles. The molecule has 9 heteroatoms. The summed E-state index contributed by atoms with van der Waals surface area (Å²) >= 11 is 2.36. The first kappa shape index (κ1) is 19.9. The summed E-state index contributed by atoms with van der Waals surface area (Å²) in [5, 5.41) is 17.0. The molecule has 4 rings (SSSR count). The van der Waals surface area contributed by atoms with Crippen molar-refractivity contribution in [2.75, 3.05) is 5.01 Å². The third-order valence-corrected chi connectivity index (χ3v) is 6.23. The molecule has 0 spiro atoms. The van der Waals surface area contributed by atoms with Gasteiger partial charge in [-0.2, -0.15) is 10.1 Å². The first-order chi connectivity index (χ1) is 14.4. The van der Waals surface area contributed by atoms with Gasteiger partial charge in [-0.05, 0) is 49.7 Å². The van der Waals surface area contributed by atoms with Crippen LogP contribution in [0.2, 0.25) is 0 Å². The smallest absolute Gasteiger partial charge is 0.267 e. The highest BCUT2D eigenvalue weighted by molar-refractivity contribution is 7.22. The fourth-order valence-corrected chi connectivity index (χ4v) is 4.53. The molecule has 2 heterocycles. The zero-order chi connectivity index (χ0) is 21.3. The molecule has 0 radical (unpaired) electrons. The summed E-state index contributed by atoms with van der Waals surface area (Å²) < 4.78 is 0.953. The van der Waals surface area contributed by atoms with Crippen molar-refractivity contribution in [3.63, 3.8) is 0 Å². The van der Waals surface area contributed by atoms with Crippen molar-refractivity contribution in [2.24, 2.45) is 5.10 Å². The van der Waals surface area contributed by atoms with Crippen LogP contribution in [0, 0.1) is 24.0 Å². The highest BCUT2D eigenvalue weighted by atomic mass is 32.1. The number of carbonyl (C=O) groups is 1. The van der Waals surface area contributed by atoms with E-state index < -0.39 is 4.92 Å². The Morgan fingerprint density at radius 2 is 1.90 bits per heavy atom. The third-order valence-electron chi connectivity index (χ3n) is 4.26. The van der Waals surface area contributed by atoms with Crippen LogP contribution in [0.1, 0.15) is 26.4 Å². The summed E-state index contributed by atoms with van der Waals surface area (Å²) in [4.78, 5) is 28.9. The van der Waals surface area contributed by atoms with Gasteiger partial charge in [0.25, 0.3) is 5.91 Å². The molecule has 150 valence electrons. The van der Waals surface area contributed by atoms with Crippen molar-refractivity contribution in [2.45, 2.75) is 13.8 Å². The molecule has 1 amide bonds. The van der Waals surface area contributed by atoms with Crippen LogP contribution in [0.3, 0.4) is 0 Å². The van der Waals surface area contributed by atoms with Gasteiger partial charge in [0.15, 0.2) is 0 Å². The van der Waals surface area contributed by atoms with Crippen LogP contribution in [-0.4, -0.2) is 22.0 Å². The number of amides is 1. The predicted molar refractivity (Wildman–Crippen MR) is 121 cm³/mol. The number of aryl methyl sites for hydroxylation is 2. The molecule has 0 bridgehead atoms. The van der Waals surface area contributed by atoms with Gasteiger partial charge in [0.05, 0.1) is 26.2 Å². The summed E-state index contributed by atoms with van der Waals surface area (Å²) in [6.07, 6.45) is 1.45. The second kappa shape index (κ2) is 8.13. The standard InChI is InChI=1S/C21H16N4O3S2/c1-13-4-3-5-15(10-13)20(26)24(22-12-16-7-9-19(29-16)25(27)28)21-23-17-8-6-14(2)11-18(17)30-21/h3-12H,1-2H3/b22-12+. The van der Waals surface area contributed by atoms with Crippen LogP contribution < -0.4 is 5.01 Å². The number of hydrogen-bond donors (Lipinski definition) is 0. The van der Waals surface area contributed by atoms with Crippen molar-refractivity contribution in [1.29, 1.82) is 0 Å². The van der Waals surface area contributed by atoms with Crippen LogP contribution in [0.4, 0.5) is 10.1 Å². The van der Waals surface area contributed by atoms with Gasteiger partial charge >= 0.3 is 5.00 Å². The average molecular weight is 437 g/mol. The number of hydrogen-bond acceptors (Lipinski definition) is 7. The van der Waals surface area contributed by atoms with E-state index in [1.54, 1.807) is 18.2 Å². The van der Waals surface area contributed by atoms with E-state index in [4.69, 9.17) is 0 Å². The Bertz CT molecular complexity index is 1290. The number of thiazole rings is 1. The topological polar surface area (TPSA) is 88.7 Å². The fraction of sp³-hybridized carbons (Fsp3) is 0.0952. The molecule has 0 aliphatic heterocycles. The highest BCUT2D eigenvalue weighted by Crippen LogP contribution is 2.31. The minimum absolute atomic E-state index is 0.0171. The summed E-state index contributed by atoms with van der Waals surface area (Å²) in [6, 6.07) is 16.1. The lowest BCUT2D eigenvalue weighted by Crippen LogP contribution is -2.25. The van der Waals surface area contributed by atoms with E-state index >= 15 is 0 Å². The van der Waals surface area contributed by atoms with Crippen molar-refractivity contribution < 1.29 is 9.72 Å². The number of nitrogens with zero attached hydrogens (tertiary/aromatic N) is 4. The summed E-state index contributed by atoms with van der Waals surface area (Å²) in [6.45, 7) is 3.91. The van der Waals surface area contributed by atoms with E-state index in [1.807, 2.05) is 44.2 Å². The van der Waals surface area contributed by atoms with Crippen molar-refractivity contribution in [3.8, 4) is 0 Å². The average Bonchev–Trinajstić information content (AvgIpc) is 3.35. The van der Waals surface area contributed by atoms with Gasteiger partial charge in [-0.3, -0.25) is 14.9 Å². The minimum Gasteiger partial charge on any atom is -0.267 e. The van der Waals surface area contributed by atoms with Crippen LogP contribution in [0.25, 0.3) is 10.2 Å². The number of anilines is 1. The Morgan fingerprint density at radius 1 is 1.10 bits per heavy atom. The molecule has 0 atom stereocenters. The van der Waals surface area contributed by atoms with E-state index in [2.05, 4.69) is 10.1 Å². The molecule has 0 aliphatic carbocycles. The van der Waals surface area contributed by atoms with Gasteiger partial charge in [0.1, 0.15) is 0 Å². The van der Waals surface area contributed by atoms with Crippen molar-refractivity contribution >= 4 is 55.1 Å². The molecule has 0 fully saturated rings. The number of fused-ring (bicyclic) bond motifs is 1. The van der Waals surface area contributed by atoms with E-state index in [-0.39, 0.29) is 10.9 Å².